The van der Waals surface area contributed by atoms with E-state index in [1.165, 1.54) is 12.0 Å². The molecule has 3 aromatic carbocycles. The molecular formula is C26H21F2NS. The van der Waals surface area contributed by atoms with Gasteiger partial charge in [0.15, 0.2) is 11.6 Å². The molecule has 0 N–H and O–H groups in total. The van der Waals surface area contributed by atoms with Crippen molar-refractivity contribution in [2.75, 3.05) is 0 Å². The summed E-state index contributed by atoms with van der Waals surface area (Å²) >= 11 is 4.40. The van der Waals surface area contributed by atoms with Gasteiger partial charge in [-0.05, 0) is 65.5 Å². The quantitative estimate of drug-likeness (QED) is 0.240. The summed E-state index contributed by atoms with van der Waals surface area (Å²) in [6.45, 7) is 4.47. The molecule has 0 radical (unpaired) electrons. The standard InChI is InChI=1S/C26H21F2NS/c1-3-18(2)14-20-8-12-23(13-9-20)22-10-6-19(7-11-22)4-5-21-15-24(27)26(29-17-30)25(28)16-21/h6-13,15-16,18H,3,14H2,1-2H3. The number of thiocarbonyl (C=S) groups is 1. The van der Waals surface area contributed by atoms with E-state index >= 15 is 0 Å². The van der Waals surface area contributed by atoms with Gasteiger partial charge >= 0.3 is 0 Å². The number of halogens is 2. The molecule has 0 saturated carbocycles. The number of hydrogen-bond donors (Lipinski definition) is 0. The number of benzene rings is 3. The second-order valence-corrected chi connectivity index (χ2v) is 7.42. The second kappa shape index (κ2) is 10.1. The molecule has 0 aliphatic carbocycles. The fraction of sp³-hybridized carbons (Fsp3) is 0.192. The van der Waals surface area contributed by atoms with Crippen LogP contribution in [0.4, 0.5) is 14.5 Å². The molecule has 1 atom stereocenters. The SMILES string of the molecule is CCC(C)Cc1ccc(-c2ccc(C#Cc3cc(F)c(N=C=S)c(F)c3)cc2)cc1. The largest absolute Gasteiger partial charge is 0.204 e. The fourth-order valence-electron chi connectivity index (χ4n) is 3.06. The van der Waals surface area contributed by atoms with Gasteiger partial charge in [0, 0.05) is 11.1 Å². The summed E-state index contributed by atoms with van der Waals surface area (Å²) in [6, 6.07) is 18.7. The van der Waals surface area contributed by atoms with E-state index < -0.39 is 17.3 Å². The first-order valence-electron chi connectivity index (χ1n) is 9.78. The first-order valence-corrected chi connectivity index (χ1v) is 10.2. The molecule has 150 valence electrons. The summed E-state index contributed by atoms with van der Waals surface area (Å²) in [5.41, 5.74) is 4.12. The van der Waals surface area contributed by atoms with Gasteiger partial charge in [0.1, 0.15) is 5.69 Å². The number of isothiocyanates is 1. The van der Waals surface area contributed by atoms with E-state index in [0.717, 1.165) is 35.2 Å². The van der Waals surface area contributed by atoms with E-state index in [1.807, 2.05) is 29.4 Å². The normalized spacial score (nSPS) is 11.2. The molecule has 0 fully saturated rings. The Morgan fingerprint density at radius 2 is 1.40 bits per heavy atom. The lowest BCUT2D eigenvalue weighted by Gasteiger charge is -2.09. The van der Waals surface area contributed by atoms with Crippen LogP contribution >= 0.6 is 12.2 Å². The average molecular weight is 418 g/mol. The smallest absolute Gasteiger partial charge is 0.153 e. The Kier molecular flexibility index (Phi) is 7.25. The fourth-order valence-corrected chi connectivity index (χ4v) is 3.15. The number of aliphatic imine (C=N–C) groups is 1. The summed E-state index contributed by atoms with van der Waals surface area (Å²) in [4.78, 5) is 3.39. The molecule has 0 amide bonds. The minimum absolute atomic E-state index is 0.231. The van der Waals surface area contributed by atoms with Crippen LogP contribution in [-0.4, -0.2) is 5.16 Å². The third-order valence-corrected chi connectivity index (χ3v) is 5.07. The molecule has 0 aliphatic heterocycles. The van der Waals surface area contributed by atoms with Crippen molar-refractivity contribution in [1.29, 1.82) is 0 Å². The third kappa shape index (κ3) is 5.48. The lowest BCUT2D eigenvalue weighted by atomic mass is 9.96. The molecule has 3 aromatic rings. The Labute approximate surface area is 181 Å². The Bertz CT molecular complexity index is 1110. The molecule has 0 aliphatic rings. The van der Waals surface area contributed by atoms with E-state index in [0.29, 0.717) is 5.92 Å². The van der Waals surface area contributed by atoms with E-state index in [2.05, 4.69) is 67.2 Å². The van der Waals surface area contributed by atoms with Crippen LogP contribution in [0.2, 0.25) is 0 Å². The Morgan fingerprint density at radius 3 is 1.93 bits per heavy atom. The minimum Gasteiger partial charge on any atom is -0.204 e. The summed E-state index contributed by atoms with van der Waals surface area (Å²) in [6.07, 6.45) is 2.26. The van der Waals surface area contributed by atoms with Gasteiger partial charge in [-0.3, -0.25) is 0 Å². The van der Waals surface area contributed by atoms with Gasteiger partial charge in [0.05, 0.1) is 5.16 Å². The molecule has 0 saturated heterocycles. The van der Waals surface area contributed by atoms with Gasteiger partial charge in [-0.25, -0.2) is 8.78 Å². The van der Waals surface area contributed by atoms with Crippen molar-refractivity contribution < 1.29 is 8.78 Å². The maximum absolute atomic E-state index is 13.9. The van der Waals surface area contributed by atoms with Gasteiger partial charge in [-0.2, -0.15) is 4.99 Å². The van der Waals surface area contributed by atoms with Gasteiger partial charge in [-0.15, -0.1) is 0 Å². The highest BCUT2D eigenvalue weighted by atomic mass is 32.1. The zero-order valence-corrected chi connectivity index (χ0v) is 17.7. The molecular weight excluding hydrogens is 396 g/mol. The van der Waals surface area contributed by atoms with Crippen molar-refractivity contribution >= 4 is 23.1 Å². The molecule has 30 heavy (non-hydrogen) atoms. The van der Waals surface area contributed by atoms with Crippen LogP contribution in [-0.2, 0) is 6.42 Å². The Balaban J connectivity index is 1.75. The van der Waals surface area contributed by atoms with E-state index in [9.17, 15) is 8.78 Å². The summed E-state index contributed by atoms with van der Waals surface area (Å²) in [5, 5.41) is 1.97. The molecule has 0 spiro atoms. The zero-order valence-electron chi connectivity index (χ0n) is 16.9. The summed E-state index contributed by atoms with van der Waals surface area (Å²) in [7, 11) is 0. The number of rotatable bonds is 5. The molecule has 0 aromatic heterocycles. The van der Waals surface area contributed by atoms with E-state index in [1.54, 1.807) is 0 Å². The first kappa shape index (κ1) is 21.6. The highest BCUT2D eigenvalue weighted by molar-refractivity contribution is 7.78. The topological polar surface area (TPSA) is 12.4 Å². The van der Waals surface area contributed by atoms with Crippen molar-refractivity contribution in [1.82, 2.24) is 0 Å². The van der Waals surface area contributed by atoms with Crippen molar-refractivity contribution in [3.8, 4) is 23.0 Å². The molecule has 3 rings (SSSR count). The summed E-state index contributed by atoms with van der Waals surface area (Å²) in [5.74, 6) is 4.76. The van der Waals surface area contributed by atoms with Crippen LogP contribution in [0, 0.1) is 29.4 Å². The predicted molar refractivity (Wildman–Crippen MR) is 122 cm³/mol. The first-order chi connectivity index (χ1) is 14.5. The highest BCUT2D eigenvalue weighted by Crippen LogP contribution is 2.24. The summed E-state index contributed by atoms with van der Waals surface area (Å²) < 4.78 is 27.8. The second-order valence-electron chi connectivity index (χ2n) is 7.23. The lowest BCUT2D eigenvalue weighted by Crippen LogP contribution is -1.97. The molecule has 1 unspecified atom stereocenters. The highest BCUT2D eigenvalue weighted by Gasteiger charge is 2.09. The van der Waals surface area contributed by atoms with Crippen LogP contribution in [0.1, 0.15) is 37.0 Å². The van der Waals surface area contributed by atoms with E-state index in [4.69, 9.17) is 0 Å². The van der Waals surface area contributed by atoms with Crippen LogP contribution in [0.3, 0.4) is 0 Å². The lowest BCUT2D eigenvalue weighted by molar-refractivity contribution is 0.560. The third-order valence-electron chi connectivity index (χ3n) is 4.98. The van der Waals surface area contributed by atoms with Gasteiger partial charge in [0.2, 0.25) is 0 Å². The monoisotopic (exact) mass is 417 g/mol. The Hall–Kier alpha value is -3.12. The van der Waals surface area contributed by atoms with Crippen molar-refractivity contribution in [3.05, 3.63) is 89.0 Å². The van der Waals surface area contributed by atoms with Gasteiger partial charge in [-0.1, -0.05) is 68.5 Å². The molecule has 0 bridgehead atoms. The van der Waals surface area contributed by atoms with Gasteiger partial charge in [0.25, 0.3) is 0 Å². The predicted octanol–water partition coefficient (Wildman–Crippen LogP) is 7.35. The van der Waals surface area contributed by atoms with Crippen molar-refractivity contribution in [2.24, 2.45) is 10.9 Å². The number of hydrogen-bond acceptors (Lipinski definition) is 2. The average Bonchev–Trinajstić information content (AvgIpc) is 2.75. The van der Waals surface area contributed by atoms with E-state index in [-0.39, 0.29) is 5.56 Å². The maximum Gasteiger partial charge on any atom is 0.153 e. The van der Waals surface area contributed by atoms with Crippen molar-refractivity contribution in [3.63, 3.8) is 0 Å². The minimum atomic E-state index is -0.816. The molecule has 4 heteroatoms. The molecule has 0 heterocycles. The van der Waals surface area contributed by atoms with Crippen LogP contribution in [0.15, 0.2) is 65.7 Å². The maximum atomic E-state index is 13.9. The number of nitrogens with zero attached hydrogens (tertiary/aromatic N) is 1. The van der Waals surface area contributed by atoms with Crippen LogP contribution in [0.5, 0.6) is 0 Å². The van der Waals surface area contributed by atoms with Crippen LogP contribution < -0.4 is 0 Å². The zero-order chi connectivity index (χ0) is 21.5. The Morgan fingerprint density at radius 1 is 0.867 bits per heavy atom. The molecule has 1 nitrogen and oxygen atoms in total. The van der Waals surface area contributed by atoms with Crippen molar-refractivity contribution in [2.45, 2.75) is 26.7 Å². The van der Waals surface area contributed by atoms with Gasteiger partial charge < -0.3 is 0 Å². The van der Waals surface area contributed by atoms with Crippen LogP contribution in [0.25, 0.3) is 11.1 Å².